The molecular formula is C14H22O3. The van der Waals surface area contributed by atoms with Gasteiger partial charge >= 0.3 is 5.97 Å². The van der Waals surface area contributed by atoms with Gasteiger partial charge in [-0.2, -0.15) is 0 Å². The molecule has 1 aliphatic rings. The van der Waals surface area contributed by atoms with Gasteiger partial charge in [-0.05, 0) is 38.0 Å². The van der Waals surface area contributed by atoms with Gasteiger partial charge in [0.05, 0.1) is 0 Å². The SMILES string of the molecule is CCC=CCC1C(=O)CCC1CCCC(=O)O. The molecule has 3 heteroatoms. The molecule has 0 aromatic heterocycles. The normalized spacial score (nSPS) is 24.6. The summed E-state index contributed by atoms with van der Waals surface area (Å²) in [6, 6.07) is 0. The van der Waals surface area contributed by atoms with Crippen LogP contribution in [0.2, 0.25) is 0 Å². The molecule has 0 radical (unpaired) electrons. The highest BCUT2D eigenvalue weighted by atomic mass is 16.4. The van der Waals surface area contributed by atoms with Gasteiger partial charge in [0.2, 0.25) is 0 Å². The Balaban J connectivity index is 2.38. The Morgan fingerprint density at radius 3 is 2.88 bits per heavy atom. The standard InChI is InChI=1S/C14H22O3/c1-2-3-4-7-12-11(9-10-13(12)15)6-5-8-14(16)17/h3-4,11-12H,2,5-10H2,1H3,(H,16,17). The first kappa shape index (κ1) is 13.9. The summed E-state index contributed by atoms with van der Waals surface area (Å²) in [6.45, 7) is 2.08. The molecule has 1 aliphatic carbocycles. The van der Waals surface area contributed by atoms with E-state index in [1.54, 1.807) is 0 Å². The van der Waals surface area contributed by atoms with Crippen molar-refractivity contribution >= 4 is 11.8 Å². The first-order valence-corrected chi connectivity index (χ1v) is 6.54. The lowest BCUT2D eigenvalue weighted by Crippen LogP contribution is -2.14. The molecule has 96 valence electrons. The van der Waals surface area contributed by atoms with Gasteiger partial charge in [0.1, 0.15) is 5.78 Å². The van der Waals surface area contributed by atoms with Crippen molar-refractivity contribution in [3.8, 4) is 0 Å². The average molecular weight is 238 g/mol. The monoisotopic (exact) mass is 238 g/mol. The van der Waals surface area contributed by atoms with Crippen LogP contribution in [0.25, 0.3) is 0 Å². The maximum absolute atomic E-state index is 11.7. The van der Waals surface area contributed by atoms with Gasteiger partial charge in [-0.25, -0.2) is 0 Å². The smallest absolute Gasteiger partial charge is 0.303 e. The van der Waals surface area contributed by atoms with E-state index in [1.165, 1.54) is 0 Å². The highest BCUT2D eigenvalue weighted by molar-refractivity contribution is 5.83. The van der Waals surface area contributed by atoms with E-state index in [0.717, 1.165) is 25.7 Å². The second kappa shape index (κ2) is 7.25. The lowest BCUT2D eigenvalue weighted by Gasteiger charge is -2.16. The Morgan fingerprint density at radius 1 is 1.47 bits per heavy atom. The third-order valence-corrected chi connectivity index (χ3v) is 3.50. The molecule has 0 bridgehead atoms. The number of carbonyl (C=O) groups excluding carboxylic acids is 1. The van der Waals surface area contributed by atoms with Crippen LogP contribution in [0.5, 0.6) is 0 Å². The van der Waals surface area contributed by atoms with Crippen molar-refractivity contribution in [2.45, 2.75) is 51.9 Å². The number of aliphatic carboxylic acids is 1. The van der Waals surface area contributed by atoms with Crippen LogP contribution in [0.15, 0.2) is 12.2 Å². The first-order valence-electron chi connectivity index (χ1n) is 6.54. The summed E-state index contributed by atoms with van der Waals surface area (Å²) < 4.78 is 0. The highest BCUT2D eigenvalue weighted by Gasteiger charge is 2.32. The van der Waals surface area contributed by atoms with E-state index in [9.17, 15) is 9.59 Å². The number of hydrogen-bond donors (Lipinski definition) is 1. The molecule has 0 aromatic carbocycles. The minimum absolute atomic E-state index is 0.145. The molecule has 1 rings (SSSR count). The van der Waals surface area contributed by atoms with E-state index < -0.39 is 5.97 Å². The van der Waals surface area contributed by atoms with E-state index in [1.807, 2.05) is 0 Å². The third kappa shape index (κ3) is 4.72. The molecule has 0 spiro atoms. The zero-order valence-corrected chi connectivity index (χ0v) is 10.5. The summed E-state index contributed by atoms with van der Waals surface area (Å²) in [5.74, 6) is 0.179. The van der Waals surface area contributed by atoms with Gasteiger partial charge in [-0.3, -0.25) is 9.59 Å². The van der Waals surface area contributed by atoms with Crippen LogP contribution >= 0.6 is 0 Å². The van der Waals surface area contributed by atoms with Crippen LogP contribution in [-0.4, -0.2) is 16.9 Å². The third-order valence-electron chi connectivity index (χ3n) is 3.50. The molecule has 1 fully saturated rings. The van der Waals surface area contributed by atoms with Crippen LogP contribution in [0.1, 0.15) is 51.9 Å². The van der Waals surface area contributed by atoms with Crippen molar-refractivity contribution < 1.29 is 14.7 Å². The van der Waals surface area contributed by atoms with Crippen molar-refractivity contribution in [3.05, 3.63) is 12.2 Å². The lowest BCUT2D eigenvalue weighted by atomic mass is 9.88. The fourth-order valence-electron chi connectivity index (χ4n) is 2.57. The summed E-state index contributed by atoms with van der Waals surface area (Å²) in [6.07, 6.45) is 9.46. The molecule has 0 aromatic rings. The molecule has 0 amide bonds. The predicted molar refractivity (Wildman–Crippen MR) is 66.8 cm³/mol. The fourth-order valence-corrected chi connectivity index (χ4v) is 2.57. The minimum atomic E-state index is -0.739. The second-order valence-electron chi connectivity index (χ2n) is 4.77. The number of ketones is 1. The van der Waals surface area contributed by atoms with Gasteiger partial charge in [0, 0.05) is 18.8 Å². The Bertz CT molecular complexity index is 294. The van der Waals surface area contributed by atoms with Crippen molar-refractivity contribution in [2.24, 2.45) is 11.8 Å². The molecule has 2 atom stereocenters. The first-order chi connectivity index (χ1) is 8.15. The Hall–Kier alpha value is -1.12. The van der Waals surface area contributed by atoms with E-state index in [4.69, 9.17) is 5.11 Å². The fraction of sp³-hybridized carbons (Fsp3) is 0.714. The van der Waals surface area contributed by atoms with Gasteiger partial charge in [0.25, 0.3) is 0 Å². The van der Waals surface area contributed by atoms with Gasteiger partial charge in [-0.1, -0.05) is 19.1 Å². The number of carbonyl (C=O) groups is 2. The average Bonchev–Trinajstić information content (AvgIpc) is 2.61. The van der Waals surface area contributed by atoms with Crippen molar-refractivity contribution in [1.82, 2.24) is 0 Å². The zero-order valence-electron chi connectivity index (χ0n) is 10.5. The number of Topliss-reactive ketones (excluding diaryl/α,β-unsaturated/α-hetero) is 1. The van der Waals surface area contributed by atoms with E-state index in [2.05, 4.69) is 19.1 Å². The molecule has 2 unspecified atom stereocenters. The summed E-state index contributed by atoms with van der Waals surface area (Å²) in [4.78, 5) is 22.2. The number of rotatable bonds is 7. The van der Waals surface area contributed by atoms with Crippen LogP contribution in [-0.2, 0) is 9.59 Å². The van der Waals surface area contributed by atoms with E-state index in [0.29, 0.717) is 24.5 Å². The zero-order chi connectivity index (χ0) is 12.7. The Kier molecular flexibility index (Phi) is 5.95. The van der Waals surface area contributed by atoms with E-state index >= 15 is 0 Å². The van der Waals surface area contributed by atoms with Crippen molar-refractivity contribution in [3.63, 3.8) is 0 Å². The lowest BCUT2D eigenvalue weighted by molar-refractivity contribution is -0.137. The number of allylic oxidation sites excluding steroid dienone is 2. The second-order valence-corrected chi connectivity index (χ2v) is 4.77. The molecule has 1 N–H and O–H groups in total. The molecular weight excluding hydrogens is 216 g/mol. The van der Waals surface area contributed by atoms with Gasteiger partial charge in [-0.15, -0.1) is 0 Å². The molecule has 3 nitrogen and oxygen atoms in total. The maximum atomic E-state index is 11.7. The topological polar surface area (TPSA) is 54.4 Å². The highest BCUT2D eigenvalue weighted by Crippen LogP contribution is 2.35. The molecule has 0 saturated heterocycles. The van der Waals surface area contributed by atoms with Gasteiger partial charge < -0.3 is 5.11 Å². The van der Waals surface area contributed by atoms with Crippen molar-refractivity contribution in [2.75, 3.05) is 0 Å². The summed E-state index contributed by atoms with van der Waals surface area (Å²) in [5.41, 5.74) is 0. The maximum Gasteiger partial charge on any atom is 0.303 e. The van der Waals surface area contributed by atoms with Crippen LogP contribution < -0.4 is 0 Å². The van der Waals surface area contributed by atoms with Gasteiger partial charge in [0.15, 0.2) is 0 Å². The molecule has 1 saturated carbocycles. The minimum Gasteiger partial charge on any atom is -0.481 e. The van der Waals surface area contributed by atoms with Crippen LogP contribution in [0, 0.1) is 11.8 Å². The largest absolute Gasteiger partial charge is 0.481 e. The summed E-state index contributed by atoms with van der Waals surface area (Å²) >= 11 is 0. The van der Waals surface area contributed by atoms with Crippen molar-refractivity contribution in [1.29, 1.82) is 0 Å². The van der Waals surface area contributed by atoms with Crippen LogP contribution in [0.4, 0.5) is 0 Å². The summed E-state index contributed by atoms with van der Waals surface area (Å²) in [7, 11) is 0. The predicted octanol–water partition coefficient (Wildman–Crippen LogP) is 3.19. The Labute approximate surface area is 103 Å². The van der Waals surface area contributed by atoms with E-state index in [-0.39, 0.29) is 12.3 Å². The molecule has 17 heavy (non-hydrogen) atoms. The van der Waals surface area contributed by atoms with Crippen LogP contribution in [0.3, 0.4) is 0 Å². The Morgan fingerprint density at radius 2 is 2.24 bits per heavy atom. The molecule has 0 aliphatic heterocycles. The number of carboxylic acids is 1. The number of carboxylic acid groups (broad SMARTS) is 1. The number of hydrogen-bond acceptors (Lipinski definition) is 2. The molecule has 0 heterocycles. The quantitative estimate of drug-likeness (QED) is 0.693. The summed E-state index contributed by atoms with van der Waals surface area (Å²) in [5, 5.41) is 8.60.